The summed E-state index contributed by atoms with van der Waals surface area (Å²) in [5.41, 5.74) is 1.06. The third-order valence-electron chi connectivity index (χ3n) is 1.88. The Morgan fingerprint density at radius 1 is 1.27 bits per heavy atom. The lowest BCUT2D eigenvalue weighted by molar-refractivity contribution is 0.479. The number of aromatic hydroxyl groups is 1. The Kier molecular flexibility index (Phi) is 1.15. The fourth-order valence-corrected chi connectivity index (χ4v) is 1.32. The van der Waals surface area contributed by atoms with E-state index in [-0.39, 0.29) is 0 Å². The van der Waals surface area contributed by atoms with Crippen LogP contribution in [-0.4, -0.2) is 9.67 Å². The Hall–Kier alpha value is -1.44. The first-order chi connectivity index (χ1) is 5.29. The van der Waals surface area contributed by atoms with Crippen molar-refractivity contribution in [3.63, 3.8) is 0 Å². The maximum absolute atomic E-state index is 9.37. The molecule has 0 aliphatic carbocycles. The number of hydrogen-bond donors (Lipinski definition) is 1. The van der Waals surface area contributed by atoms with Gasteiger partial charge >= 0.3 is 0 Å². The molecule has 0 spiro atoms. The zero-order chi connectivity index (χ0) is 7.84. The van der Waals surface area contributed by atoms with Crippen LogP contribution >= 0.6 is 0 Å². The lowest BCUT2D eigenvalue weighted by Gasteiger charge is -1.91. The number of benzene rings is 1. The van der Waals surface area contributed by atoms with Gasteiger partial charge in [0.1, 0.15) is 5.75 Å². The van der Waals surface area contributed by atoms with Crippen LogP contribution in [0.15, 0.2) is 30.5 Å². The Morgan fingerprint density at radius 2 is 2.00 bits per heavy atom. The molecule has 1 heterocycles. The number of nitrogens with zero attached hydrogens (tertiary/aromatic N) is 1. The first kappa shape index (κ1) is 6.28. The summed E-state index contributed by atoms with van der Waals surface area (Å²) in [6.45, 7) is 0. The number of aryl methyl sites for hydroxylation is 1. The molecule has 1 N–H and O–H groups in total. The average Bonchev–Trinajstić information content (AvgIpc) is 2.30. The third-order valence-corrected chi connectivity index (χ3v) is 1.88. The lowest BCUT2D eigenvalue weighted by atomic mass is 10.2. The smallest absolute Gasteiger partial charge is 0.141 e. The predicted octanol–water partition coefficient (Wildman–Crippen LogP) is 1.88. The van der Waals surface area contributed by atoms with Crippen molar-refractivity contribution in [3.05, 3.63) is 30.5 Å². The number of hydrogen-bond acceptors (Lipinski definition) is 1. The second-order valence-electron chi connectivity index (χ2n) is 2.64. The second kappa shape index (κ2) is 2.02. The van der Waals surface area contributed by atoms with E-state index in [2.05, 4.69) is 0 Å². The highest BCUT2D eigenvalue weighted by Crippen LogP contribution is 2.24. The summed E-state index contributed by atoms with van der Waals surface area (Å²) in [5.74, 6) is 0.350. The van der Waals surface area contributed by atoms with Gasteiger partial charge in [0.15, 0.2) is 0 Å². The molecule has 0 unspecified atom stereocenters. The highest BCUT2D eigenvalue weighted by molar-refractivity contribution is 5.86. The van der Waals surface area contributed by atoms with Gasteiger partial charge in [-0.3, -0.25) is 0 Å². The van der Waals surface area contributed by atoms with E-state index in [4.69, 9.17) is 0 Å². The van der Waals surface area contributed by atoms with Gasteiger partial charge in [-0.05, 0) is 12.1 Å². The summed E-state index contributed by atoms with van der Waals surface area (Å²) in [4.78, 5) is 0. The molecular formula is C9H9NO. The fourth-order valence-electron chi connectivity index (χ4n) is 1.32. The molecule has 2 aromatic rings. The van der Waals surface area contributed by atoms with Gasteiger partial charge in [-0.2, -0.15) is 0 Å². The van der Waals surface area contributed by atoms with Crippen molar-refractivity contribution in [1.29, 1.82) is 0 Å². The van der Waals surface area contributed by atoms with Gasteiger partial charge in [-0.25, -0.2) is 0 Å². The minimum absolute atomic E-state index is 0.350. The highest BCUT2D eigenvalue weighted by atomic mass is 16.3. The topological polar surface area (TPSA) is 25.2 Å². The van der Waals surface area contributed by atoms with Gasteiger partial charge < -0.3 is 9.67 Å². The van der Waals surface area contributed by atoms with Gasteiger partial charge in [0, 0.05) is 18.6 Å². The van der Waals surface area contributed by atoms with Crippen LogP contribution in [0.3, 0.4) is 0 Å². The maximum Gasteiger partial charge on any atom is 0.141 e. The Bertz CT molecular complexity index is 353. The summed E-state index contributed by atoms with van der Waals surface area (Å²) in [5, 5.41) is 10.3. The molecule has 0 saturated carbocycles. The van der Waals surface area contributed by atoms with E-state index in [1.165, 1.54) is 0 Å². The molecule has 0 radical (unpaired) electrons. The summed E-state index contributed by atoms with van der Waals surface area (Å²) >= 11 is 0. The quantitative estimate of drug-likeness (QED) is 0.604. The van der Waals surface area contributed by atoms with Gasteiger partial charge in [-0.1, -0.05) is 12.1 Å². The fraction of sp³-hybridized carbons (Fsp3) is 0.111. The van der Waals surface area contributed by atoms with E-state index in [9.17, 15) is 5.11 Å². The highest BCUT2D eigenvalue weighted by Gasteiger charge is 2.01. The number of aromatic nitrogens is 1. The molecule has 0 atom stereocenters. The molecule has 0 saturated heterocycles. The minimum Gasteiger partial charge on any atom is -0.506 e. The molecule has 2 nitrogen and oxygen atoms in total. The Morgan fingerprint density at radius 3 is 2.73 bits per heavy atom. The maximum atomic E-state index is 9.37. The van der Waals surface area contributed by atoms with E-state index < -0.39 is 0 Å². The second-order valence-corrected chi connectivity index (χ2v) is 2.64. The number of rotatable bonds is 0. The molecule has 2 heteroatoms. The van der Waals surface area contributed by atoms with E-state index in [1.807, 2.05) is 35.9 Å². The SMILES string of the molecule is Cn1cc(O)c2ccccc21. The van der Waals surface area contributed by atoms with Crippen molar-refractivity contribution in [2.75, 3.05) is 0 Å². The molecule has 0 bridgehead atoms. The van der Waals surface area contributed by atoms with Crippen molar-refractivity contribution in [3.8, 4) is 5.75 Å². The van der Waals surface area contributed by atoms with Crippen LogP contribution in [0.4, 0.5) is 0 Å². The minimum atomic E-state index is 0.350. The van der Waals surface area contributed by atoms with Crippen molar-refractivity contribution < 1.29 is 5.11 Å². The molecule has 0 amide bonds. The van der Waals surface area contributed by atoms with Gasteiger partial charge in [0.2, 0.25) is 0 Å². The first-order valence-corrected chi connectivity index (χ1v) is 3.52. The summed E-state index contributed by atoms with van der Waals surface area (Å²) in [6.07, 6.45) is 1.71. The molecule has 0 aliphatic heterocycles. The number of para-hydroxylation sites is 1. The van der Waals surface area contributed by atoms with Crippen LogP contribution in [0.5, 0.6) is 5.75 Å². The predicted molar refractivity (Wildman–Crippen MR) is 44.6 cm³/mol. The molecular weight excluding hydrogens is 138 g/mol. The molecule has 2 rings (SSSR count). The van der Waals surface area contributed by atoms with Crippen LogP contribution in [0.25, 0.3) is 10.9 Å². The molecule has 56 valence electrons. The molecule has 1 aromatic heterocycles. The van der Waals surface area contributed by atoms with Gasteiger partial charge in [-0.15, -0.1) is 0 Å². The lowest BCUT2D eigenvalue weighted by Crippen LogP contribution is -1.81. The standard InChI is InChI=1S/C9H9NO/c1-10-6-9(11)7-4-2-3-5-8(7)10/h2-6,11H,1H3. The molecule has 11 heavy (non-hydrogen) atoms. The normalized spacial score (nSPS) is 10.6. The van der Waals surface area contributed by atoms with Crippen molar-refractivity contribution in [2.24, 2.45) is 7.05 Å². The molecule has 0 fully saturated rings. The van der Waals surface area contributed by atoms with Crippen LogP contribution in [0.2, 0.25) is 0 Å². The van der Waals surface area contributed by atoms with Gasteiger partial charge in [0.05, 0.1) is 5.52 Å². The summed E-state index contributed by atoms with van der Waals surface area (Å²) in [7, 11) is 1.92. The summed E-state index contributed by atoms with van der Waals surface area (Å²) < 4.78 is 1.91. The van der Waals surface area contributed by atoms with Gasteiger partial charge in [0.25, 0.3) is 0 Å². The van der Waals surface area contributed by atoms with Crippen molar-refractivity contribution in [2.45, 2.75) is 0 Å². The average molecular weight is 147 g/mol. The third kappa shape index (κ3) is 0.792. The summed E-state index contributed by atoms with van der Waals surface area (Å²) in [6, 6.07) is 7.77. The first-order valence-electron chi connectivity index (χ1n) is 3.52. The Labute approximate surface area is 64.7 Å². The molecule has 1 aromatic carbocycles. The van der Waals surface area contributed by atoms with Crippen LogP contribution in [-0.2, 0) is 7.05 Å². The van der Waals surface area contributed by atoms with Crippen molar-refractivity contribution in [1.82, 2.24) is 4.57 Å². The Balaban J connectivity index is 2.95. The van der Waals surface area contributed by atoms with Crippen molar-refractivity contribution >= 4 is 10.9 Å². The van der Waals surface area contributed by atoms with Crippen LogP contribution in [0.1, 0.15) is 0 Å². The molecule has 0 aliphatic rings. The largest absolute Gasteiger partial charge is 0.506 e. The monoisotopic (exact) mass is 147 g/mol. The zero-order valence-electron chi connectivity index (χ0n) is 6.28. The van der Waals surface area contributed by atoms with Crippen LogP contribution in [0, 0.1) is 0 Å². The van der Waals surface area contributed by atoms with E-state index in [0.717, 1.165) is 10.9 Å². The zero-order valence-corrected chi connectivity index (χ0v) is 6.28. The van der Waals surface area contributed by atoms with E-state index in [0.29, 0.717) is 5.75 Å². The number of fused-ring (bicyclic) bond motifs is 1. The van der Waals surface area contributed by atoms with E-state index in [1.54, 1.807) is 6.20 Å². The van der Waals surface area contributed by atoms with Crippen LogP contribution < -0.4 is 0 Å². The van der Waals surface area contributed by atoms with E-state index >= 15 is 0 Å².